The van der Waals surface area contributed by atoms with Gasteiger partial charge in [-0.2, -0.15) is 0 Å². The molecule has 1 aromatic heterocycles. The Bertz CT molecular complexity index is 718. The molecule has 0 aliphatic carbocycles. The molecule has 2 aromatic rings. The van der Waals surface area contributed by atoms with E-state index in [0.29, 0.717) is 5.69 Å². The SMILES string of the molecule is CC(=O)N[C@@H](Cc1cc2ccccc2n1C(C)=O)C(=O)O. The van der Waals surface area contributed by atoms with Gasteiger partial charge in [-0.05, 0) is 12.1 Å². The fraction of sp³-hybridized carbons (Fsp3) is 0.267. The summed E-state index contributed by atoms with van der Waals surface area (Å²) < 4.78 is 1.48. The van der Waals surface area contributed by atoms with Crippen molar-refractivity contribution in [1.29, 1.82) is 0 Å². The van der Waals surface area contributed by atoms with Crippen molar-refractivity contribution in [2.24, 2.45) is 0 Å². The second-order valence-corrected chi connectivity index (χ2v) is 4.84. The fourth-order valence-electron chi connectivity index (χ4n) is 2.39. The first-order valence-corrected chi connectivity index (χ1v) is 6.50. The third kappa shape index (κ3) is 3.10. The lowest BCUT2D eigenvalue weighted by Gasteiger charge is -2.14. The van der Waals surface area contributed by atoms with Gasteiger partial charge in [-0.15, -0.1) is 0 Å². The van der Waals surface area contributed by atoms with E-state index >= 15 is 0 Å². The smallest absolute Gasteiger partial charge is 0.326 e. The number of benzene rings is 1. The van der Waals surface area contributed by atoms with Gasteiger partial charge in [-0.3, -0.25) is 14.2 Å². The van der Waals surface area contributed by atoms with Crippen LogP contribution in [0.15, 0.2) is 30.3 Å². The molecule has 2 N–H and O–H groups in total. The number of nitrogens with one attached hydrogen (secondary N) is 1. The van der Waals surface area contributed by atoms with Crippen molar-refractivity contribution in [2.45, 2.75) is 26.3 Å². The molecule has 1 aromatic carbocycles. The van der Waals surface area contributed by atoms with Crippen LogP contribution in [0.5, 0.6) is 0 Å². The Morgan fingerprint density at radius 2 is 1.90 bits per heavy atom. The molecule has 0 fully saturated rings. The van der Waals surface area contributed by atoms with E-state index in [1.54, 1.807) is 12.1 Å². The number of hydrogen-bond acceptors (Lipinski definition) is 3. The van der Waals surface area contributed by atoms with Crippen LogP contribution < -0.4 is 5.32 Å². The molecule has 6 heteroatoms. The first-order valence-electron chi connectivity index (χ1n) is 6.50. The molecule has 0 bridgehead atoms. The van der Waals surface area contributed by atoms with Gasteiger partial charge in [0.2, 0.25) is 11.8 Å². The third-order valence-electron chi connectivity index (χ3n) is 3.19. The fourth-order valence-corrected chi connectivity index (χ4v) is 2.39. The van der Waals surface area contributed by atoms with Gasteiger partial charge >= 0.3 is 5.97 Å². The van der Waals surface area contributed by atoms with Crippen molar-refractivity contribution in [3.8, 4) is 0 Å². The molecule has 1 atom stereocenters. The number of carbonyl (C=O) groups is 3. The topological polar surface area (TPSA) is 88.4 Å². The number of aromatic nitrogens is 1. The van der Waals surface area contributed by atoms with Gasteiger partial charge in [0.25, 0.3) is 0 Å². The van der Waals surface area contributed by atoms with E-state index in [0.717, 1.165) is 10.9 Å². The number of para-hydroxylation sites is 1. The molecule has 0 radical (unpaired) electrons. The summed E-state index contributed by atoms with van der Waals surface area (Å²) >= 11 is 0. The largest absolute Gasteiger partial charge is 0.480 e. The minimum absolute atomic E-state index is 0.0448. The van der Waals surface area contributed by atoms with Crippen molar-refractivity contribution in [3.63, 3.8) is 0 Å². The maximum atomic E-state index is 11.8. The highest BCUT2D eigenvalue weighted by molar-refractivity contribution is 5.93. The first kappa shape index (κ1) is 14.8. The summed E-state index contributed by atoms with van der Waals surface area (Å²) in [6.45, 7) is 2.68. The molecule has 1 heterocycles. The first-order chi connectivity index (χ1) is 9.90. The average molecular weight is 288 g/mol. The van der Waals surface area contributed by atoms with Crippen molar-refractivity contribution in [3.05, 3.63) is 36.0 Å². The van der Waals surface area contributed by atoms with Gasteiger partial charge in [-0.1, -0.05) is 18.2 Å². The van der Waals surface area contributed by atoms with Crippen LogP contribution in [-0.4, -0.2) is 33.5 Å². The number of amides is 1. The zero-order valence-corrected chi connectivity index (χ0v) is 11.8. The molecule has 1 amide bonds. The number of fused-ring (bicyclic) bond motifs is 1. The summed E-state index contributed by atoms with van der Waals surface area (Å²) in [5.41, 5.74) is 1.29. The molecule has 110 valence electrons. The molecule has 6 nitrogen and oxygen atoms in total. The minimum atomic E-state index is -1.13. The Kier molecular flexibility index (Phi) is 4.07. The van der Waals surface area contributed by atoms with E-state index in [2.05, 4.69) is 5.32 Å². The molecular weight excluding hydrogens is 272 g/mol. The van der Waals surface area contributed by atoms with Gasteiger partial charge in [0.1, 0.15) is 6.04 Å². The molecule has 0 spiro atoms. The van der Waals surface area contributed by atoms with E-state index in [4.69, 9.17) is 0 Å². The number of rotatable bonds is 4. The Hall–Kier alpha value is -2.63. The zero-order valence-electron chi connectivity index (χ0n) is 11.8. The van der Waals surface area contributed by atoms with Crippen LogP contribution in [0.3, 0.4) is 0 Å². The highest BCUT2D eigenvalue weighted by Gasteiger charge is 2.22. The van der Waals surface area contributed by atoms with E-state index in [-0.39, 0.29) is 12.3 Å². The van der Waals surface area contributed by atoms with Crippen LogP contribution in [0.4, 0.5) is 0 Å². The van der Waals surface area contributed by atoms with Crippen LogP contribution in [0.1, 0.15) is 24.3 Å². The predicted octanol–water partition coefficient (Wildman–Crippen LogP) is 1.43. The van der Waals surface area contributed by atoms with Crippen molar-refractivity contribution in [2.75, 3.05) is 0 Å². The van der Waals surface area contributed by atoms with Crippen molar-refractivity contribution in [1.82, 2.24) is 9.88 Å². The summed E-state index contributed by atoms with van der Waals surface area (Å²) in [5.74, 6) is -1.75. The third-order valence-corrected chi connectivity index (χ3v) is 3.19. The summed E-state index contributed by atoms with van der Waals surface area (Å²) in [4.78, 5) is 34.2. The van der Waals surface area contributed by atoms with Crippen LogP contribution in [0.2, 0.25) is 0 Å². The van der Waals surface area contributed by atoms with Crippen molar-refractivity contribution < 1.29 is 19.5 Å². The second-order valence-electron chi connectivity index (χ2n) is 4.84. The van der Waals surface area contributed by atoms with Gasteiger partial charge in [0.15, 0.2) is 0 Å². The number of carboxylic acids is 1. The monoisotopic (exact) mass is 288 g/mol. The molecular formula is C15H16N2O4. The standard InChI is InChI=1S/C15H16N2O4/c1-9(18)16-13(15(20)21)8-12-7-11-5-3-4-6-14(11)17(12)10(2)19/h3-7,13H,8H2,1-2H3,(H,16,18)(H,20,21)/t13-/m0/s1. The predicted molar refractivity (Wildman–Crippen MR) is 77.2 cm³/mol. The Balaban J connectivity index is 2.45. The number of aliphatic carboxylic acids is 1. The zero-order chi connectivity index (χ0) is 15.6. The van der Waals surface area contributed by atoms with Crippen LogP contribution in [0.25, 0.3) is 10.9 Å². The Morgan fingerprint density at radius 3 is 2.48 bits per heavy atom. The lowest BCUT2D eigenvalue weighted by Crippen LogP contribution is -2.41. The Morgan fingerprint density at radius 1 is 1.24 bits per heavy atom. The molecule has 0 saturated carbocycles. The van der Waals surface area contributed by atoms with Crippen LogP contribution in [-0.2, 0) is 16.0 Å². The van der Waals surface area contributed by atoms with E-state index in [1.807, 2.05) is 18.2 Å². The molecule has 0 unspecified atom stereocenters. The van der Waals surface area contributed by atoms with Gasteiger partial charge < -0.3 is 10.4 Å². The maximum Gasteiger partial charge on any atom is 0.326 e. The molecule has 0 aliphatic rings. The lowest BCUT2D eigenvalue weighted by molar-refractivity contribution is -0.141. The molecule has 2 rings (SSSR count). The summed E-state index contributed by atoms with van der Waals surface area (Å²) in [5, 5.41) is 12.4. The average Bonchev–Trinajstić information content (AvgIpc) is 2.75. The van der Waals surface area contributed by atoms with Crippen molar-refractivity contribution >= 4 is 28.7 Å². The summed E-state index contributed by atoms with van der Waals surface area (Å²) in [6.07, 6.45) is 0.0448. The number of carboxylic acid groups (broad SMARTS) is 1. The highest BCUT2D eigenvalue weighted by atomic mass is 16.4. The number of carbonyl (C=O) groups excluding carboxylic acids is 2. The van der Waals surface area contributed by atoms with Crippen LogP contribution in [0, 0.1) is 0 Å². The Labute approximate surface area is 121 Å². The van der Waals surface area contributed by atoms with E-state index in [9.17, 15) is 19.5 Å². The van der Waals surface area contributed by atoms with E-state index in [1.165, 1.54) is 18.4 Å². The quantitative estimate of drug-likeness (QED) is 0.891. The highest BCUT2D eigenvalue weighted by Crippen LogP contribution is 2.21. The molecule has 0 saturated heterocycles. The van der Waals surface area contributed by atoms with Gasteiger partial charge in [0.05, 0.1) is 5.52 Å². The summed E-state index contributed by atoms with van der Waals surface area (Å²) in [6, 6.07) is 8.02. The second kappa shape index (κ2) is 5.78. The summed E-state index contributed by atoms with van der Waals surface area (Å²) in [7, 11) is 0. The number of nitrogens with zero attached hydrogens (tertiary/aromatic N) is 1. The number of hydrogen-bond donors (Lipinski definition) is 2. The van der Waals surface area contributed by atoms with Gasteiger partial charge in [0, 0.05) is 31.3 Å². The lowest BCUT2D eigenvalue weighted by atomic mass is 10.1. The van der Waals surface area contributed by atoms with E-state index < -0.39 is 17.9 Å². The normalized spacial score (nSPS) is 12.1. The molecule has 0 aliphatic heterocycles. The van der Waals surface area contributed by atoms with Gasteiger partial charge in [-0.25, -0.2) is 4.79 Å². The minimum Gasteiger partial charge on any atom is -0.480 e. The van der Waals surface area contributed by atoms with Crippen LogP contribution >= 0.6 is 0 Å². The maximum absolute atomic E-state index is 11.8. The molecule has 21 heavy (non-hydrogen) atoms.